The highest BCUT2D eigenvalue weighted by atomic mass is 79.9. The first kappa shape index (κ1) is 11.0. The number of nitrogens with two attached hydrogens (primary N) is 1. The van der Waals surface area contributed by atoms with Crippen LogP contribution in [-0.4, -0.2) is 11.1 Å². The van der Waals surface area contributed by atoms with Crippen molar-refractivity contribution in [3.05, 3.63) is 28.2 Å². The van der Waals surface area contributed by atoms with Gasteiger partial charge in [-0.25, -0.2) is 0 Å². The van der Waals surface area contributed by atoms with E-state index in [1.807, 2.05) is 18.2 Å². The van der Waals surface area contributed by atoms with Crippen LogP contribution in [0.25, 0.3) is 0 Å². The van der Waals surface area contributed by atoms with Gasteiger partial charge in [-0.1, -0.05) is 22.0 Å². The minimum absolute atomic E-state index is 0.190. The minimum atomic E-state index is -0.763. The van der Waals surface area contributed by atoms with E-state index in [0.717, 1.165) is 10.0 Å². The zero-order valence-corrected chi connectivity index (χ0v) is 9.25. The van der Waals surface area contributed by atoms with Gasteiger partial charge in [-0.15, -0.1) is 0 Å². The number of hydrogen-bond donors (Lipinski definition) is 2. The van der Waals surface area contributed by atoms with Crippen LogP contribution in [0.5, 0.6) is 0 Å². The van der Waals surface area contributed by atoms with Gasteiger partial charge >= 0.3 is 5.97 Å². The SMILES string of the molecule is Nc1cc(Br)ccc1CCCC(=O)O. The van der Waals surface area contributed by atoms with Crippen LogP contribution in [0.4, 0.5) is 5.69 Å². The summed E-state index contributed by atoms with van der Waals surface area (Å²) in [7, 11) is 0. The number of carbonyl (C=O) groups is 1. The van der Waals surface area contributed by atoms with Gasteiger partial charge in [0, 0.05) is 16.6 Å². The molecule has 0 radical (unpaired) electrons. The van der Waals surface area contributed by atoms with E-state index < -0.39 is 5.97 Å². The fraction of sp³-hybridized carbons (Fsp3) is 0.300. The number of carboxylic acids is 1. The van der Waals surface area contributed by atoms with E-state index in [4.69, 9.17) is 10.8 Å². The van der Waals surface area contributed by atoms with Crippen molar-refractivity contribution < 1.29 is 9.90 Å². The molecule has 1 aromatic carbocycles. The molecule has 4 heteroatoms. The number of carboxylic acid groups (broad SMARTS) is 1. The lowest BCUT2D eigenvalue weighted by atomic mass is 10.1. The Morgan fingerprint density at radius 3 is 2.79 bits per heavy atom. The predicted octanol–water partition coefficient (Wildman–Crippen LogP) is 2.44. The van der Waals surface area contributed by atoms with Gasteiger partial charge in [0.2, 0.25) is 0 Å². The summed E-state index contributed by atoms with van der Waals surface area (Å²) in [5.41, 5.74) is 7.48. The summed E-state index contributed by atoms with van der Waals surface area (Å²) in [6.07, 6.45) is 1.53. The molecule has 0 atom stereocenters. The Morgan fingerprint density at radius 2 is 2.21 bits per heavy atom. The van der Waals surface area contributed by atoms with Crippen molar-refractivity contribution in [3.63, 3.8) is 0 Å². The van der Waals surface area contributed by atoms with E-state index in [2.05, 4.69) is 15.9 Å². The molecule has 0 aliphatic rings. The highest BCUT2D eigenvalue weighted by Crippen LogP contribution is 2.20. The Balaban J connectivity index is 2.55. The van der Waals surface area contributed by atoms with Crippen molar-refractivity contribution >= 4 is 27.6 Å². The third kappa shape index (κ3) is 3.38. The van der Waals surface area contributed by atoms with Crippen molar-refractivity contribution in [2.24, 2.45) is 0 Å². The first-order valence-corrected chi connectivity index (χ1v) is 5.14. The van der Waals surface area contributed by atoms with Crippen molar-refractivity contribution in [1.29, 1.82) is 0 Å². The number of anilines is 1. The van der Waals surface area contributed by atoms with Crippen LogP contribution < -0.4 is 5.73 Å². The first-order valence-electron chi connectivity index (χ1n) is 4.35. The molecule has 0 bridgehead atoms. The smallest absolute Gasteiger partial charge is 0.303 e. The Hall–Kier alpha value is -1.03. The van der Waals surface area contributed by atoms with Gasteiger partial charge in [0.15, 0.2) is 0 Å². The Labute approximate surface area is 91.1 Å². The number of aliphatic carboxylic acids is 1. The van der Waals surface area contributed by atoms with E-state index >= 15 is 0 Å². The molecular weight excluding hydrogens is 246 g/mol. The number of halogens is 1. The molecule has 14 heavy (non-hydrogen) atoms. The number of nitrogen functional groups attached to an aromatic ring is 1. The van der Waals surface area contributed by atoms with E-state index in [1.54, 1.807) is 0 Å². The van der Waals surface area contributed by atoms with E-state index in [-0.39, 0.29) is 6.42 Å². The lowest BCUT2D eigenvalue weighted by Gasteiger charge is -2.04. The molecular formula is C10H12BrNO2. The molecule has 0 unspecified atom stereocenters. The summed E-state index contributed by atoms with van der Waals surface area (Å²) in [6, 6.07) is 5.66. The lowest BCUT2D eigenvalue weighted by Crippen LogP contribution is -1.98. The summed E-state index contributed by atoms with van der Waals surface area (Å²) in [6.45, 7) is 0. The minimum Gasteiger partial charge on any atom is -0.481 e. The molecule has 0 aliphatic carbocycles. The number of aryl methyl sites for hydroxylation is 1. The Kier molecular flexibility index (Phi) is 3.95. The van der Waals surface area contributed by atoms with Gasteiger partial charge in [0.1, 0.15) is 0 Å². The zero-order chi connectivity index (χ0) is 10.6. The van der Waals surface area contributed by atoms with Crippen molar-refractivity contribution in [1.82, 2.24) is 0 Å². The van der Waals surface area contributed by atoms with Gasteiger partial charge < -0.3 is 10.8 Å². The second kappa shape index (κ2) is 5.00. The summed E-state index contributed by atoms with van der Waals surface area (Å²) < 4.78 is 0.942. The van der Waals surface area contributed by atoms with Crippen LogP contribution in [0.15, 0.2) is 22.7 Å². The highest BCUT2D eigenvalue weighted by molar-refractivity contribution is 9.10. The zero-order valence-electron chi connectivity index (χ0n) is 7.66. The molecule has 3 nitrogen and oxygen atoms in total. The van der Waals surface area contributed by atoms with Crippen LogP contribution in [0.2, 0.25) is 0 Å². The molecule has 0 amide bonds. The van der Waals surface area contributed by atoms with E-state index in [9.17, 15) is 4.79 Å². The van der Waals surface area contributed by atoms with Crippen LogP contribution in [0, 0.1) is 0 Å². The summed E-state index contributed by atoms with van der Waals surface area (Å²) in [5.74, 6) is -0.763. The van der Waals surface area contributed by atoms with Gasteiger partial charge in [0.25, 0.3) is 0 Å². The third-order valence-electron chi connectivity index (χ3n) is 1.94. The van der Waals surface area contributed by atoms with Crippen LogP contribution in [0.3, 0.4) is 0 Å². The van der Waals surface area contributed by atoms with Crippen molar-refractivity contribution in [2.75, 3.05) is 5.73 Å². The molecule has 0 aromatic heterocycles. The van der Waals surface area contributed by atoms with Gasteiger partial charge in [-0.05, 0) is 30.5 Å². The number of benzene rings is 1. The van der Waals surface area contributed by atoms with E-state index in [1.165, 1.54) is 0 Å². The second-order valence-electron chi connectivity index (χ2n) is 3.09. The standard InChI is InChI=1S/C10H12BrNO2/c11-8-5-4-7(9(12)6-8)2-1-3-10(13)14/h4-6H,1-3,12H2,(H,13,14). The Morgan fingerprint density at radius 1 is 1.50 bits per heavy atom. The monoisotopic (exact) mass is 257 g/mol. The molecule has 76 valence electrons. The van der Waals surface area contributed by atoms with Crippen molar-refractivity contribution in [2.45, 2.75) is 19.3 Å². The topological polar surface area (TPSA) is 63.3 Å². The molecule has 0 spiro atoms. The number of rotatable bonds is 4. The van der Waals surface area contributed by atoms with Crippen LogP contribution in [0.1, 0.15) is 18.4 Å². The maximum Gasteiger partial charge on any atom is 0.303 e. The molecule has 0 heterocycles. The molecule has 1 aromatic rings. The molecule has 0 saturated heterocycles. The summed E-state index contributed by atoms with van der Waals surface area (Å²) >= 11 is 3.31. The molecule has 3 N–H and O–H groups in total. The van der Waals surface area contributed by atoms with Crippen LogP contribution in [-0.2, 0) is 11.2 Å². The summed E-state index contributed by atoms with van der Waals surface area (Å²) in [4.78, 5) is 10.3. The highest BCUT2D eigenvalue weighted by Gasteiger charge is 2.01. The first-order chi connectivity index (χ1) is 6.59. The second-order valence-corrected chi connectivity index (χ2v) is 4.01. The average Bonchev–Trinajstić information content (AvgIpc) is 2.08. The molecule has 0 fully saturated rings. The summed E-state index contributed by atoms with van der Waals surface area (Å²) in [5, 5.41) is 8.47. The molecule has 0 saturated carbocycles. The fourth-order valence-corrected chi connectivity index (χ4v) is 1.60. The molecule has 1 rings (SSSR count). The maximum atomic E-state index is 10.3. The average molecular weight is 258 g/mol. The number of hydrogen-bond acceptors (Lipinski definition) is 2. The quantitative estimate of drug-likeness (QED) is 0.815. The van der Waals surface area contributed by atoms with E-state index in [0.29, 0.717) is 18.5 Å². The Bertz CT molecular complexity index is 339. The lowest BCUT2D eigenvalue weighted by molar-refractivity contribution is -0.137. The van der Waals surface area contributed by atoms with Gasteiger partial charge in [-0.3, -0.25) is 4.79 Å². The predicted molar refractivity (Wildman–Crippen MR) is 59.1 cm³/mol. The largest absolute Gasteiger partial charge is 0.481 e. The molecule has 0 aliphatic heterocycles. The van der Waals surface area contributed by atoms with Gasteiger partial charge in [0.05, 0.1) is 0 Å². The third-order valence-corrected chi connectivity index (χ3v) is 2.44. The van der Waals surface area contributed by atoms with Gasteiger partial charge in [-0.2, -0.15) is 0 Å². The normalized spacial score (nSPS) is 10.1. The fourth-order valence-electron chi connectivity index (χ4n) is 1.22. The maximum absolute atomic E-state index is 10.3. The van der Waals surface area contributed by atoms with Crippen molar-refractivity contribution in [3.8, 4) is 0 Å². The van der Waals surface area contributed by atoms with Crippen LogP contribution >= 0.6 is 15.9 Å².